The Balaban J connectivity index is 0.00000137. The van der Waals surface area contributed by atoms with E-state index >= 15 is 0 Å². The molecule has 0 atom stereocenters. The standard InChI is InChI=1S/C13H10F2O.C2H6/c1-2-10(4-3-9-14)13(16)11-5-7-12(15)8-6-11;1-2/h2-9H,1H2;1-2H3/b9-3+,10-4+;. The van der Waals surface area contributed by atoms with E-state index in [9.17, 15) is 13.6 Å². The molecule has 0 unspecified atom stereocenters. The first-order chi connectivity index (χ1) is 8.69. The van der Waals surface area contributed by atoms with Gasteiger partial charge in [-0.2, -0.15) is 0 Å². The normalized spacial score (nSPS) is 10.8. The molecule has 96 valence electrons. The van der Waals surface area contributed by atoms with Crippen LogP contribution < -0.4 is 0 Å². The van der Waals surface area contributed by atoms with E-state index in [-0.39, 0.29) is 11.4 Å². The summed E-state index contributed by atoms with van der Waals surface area (Å²) in [5.74, 6) is -0.738. The molecule has 0 saturated heterocycles. The molecule has 0 fully saturated rings. The quantitative estimate of drug-likeness (QED) is 0.432. The fourth-order valence-corrected chi connectivity index (χ4v) is 1.14. The Hall–Kier alpha value is -2.03. The molecule has 0 aliphatic rings. The number of allylic oxidation sites excluding steroid dienone is 4. The van der Waals surface area contributed by atoms with Crippen molar-refractivity contribution < 1.29 is 13.6 Å². The number of hydrogen-bond donors (Lipinski definition) is 0. The van der Waals surface area contributed by atoms with Gasteiger partial charge < -0.3 is 0 Å². The van der Waals surface area contributed by atoms with E-state index in [4.69, 9.17) is 0 Å². The van der Waals surface area contributed by atoms with Crippen LogP contribution in [0.3, 0.4) is 0 Å². The van der Waals surface area contributed by atoms with Gasteiger partial charge in [0.25, 0.3) is 0 Å². The first kappa shape index (κ1) is 16.0. The van der Waals surface area contributed by atoms with Crippen LogP contribution in [-0.2, 0) is 0 Å². The van der Waals surface area contributed by atoms with Crippen molar-refractivity contribution in [2.75, 3.05) is 0 Å². The van der Waals surface area contributed by atoms with Crippen molar-refractivity contribution in [3.63, 3.8) is 0 Å². The molecule has 18 heavy (non-hydrogen) atoms. The minimum atomic E-state index is -0.413. The van der Waals surface area contributed by atoms with Gasteiger partial charge in [-0.1, -0.05) is 26.5 Å². The van der Waals surface area contributed by atoms with E-state index in [1.54, 1.807) is 0 Å². The second-order valence-corrected chi connectivity index (χ2v) is 2.98. The van der Waals surface area contributed by atoms with Crippen molar-refractivity contribution in [1.29, 1.82) is 0 Å². The summed E-state index contributed by atoms with van der Waals surface area (Å²) in [6.45, 7) is 7.46. The van der Waals surface area contributed by atoms with Crippen LogP contribution in [-0.4, -0.2) is 5.78 Å². The van der Waals surface area contributed by atoms with Gasteiger partial charge in [-0.05, 0) is 36.4 Å². The average molecular weight is 250 g/mol. The lowest BCUT2D eigenvalue weighted by atomic mass is 10.0. The Kier molecular flexibility index (Phi) is 8.03. The Morgan fingerprint density at radius 1 is 1.22 bits per heavy atom. The molecule has 0 N–H and O–H groups in total. The predicted molar refractivity (Wildman–Crippen MR) is 70.6 cm³/mol. The van der Waals surface area contributed by atoms with Gasteiger partial charge in [0.2, 0.25) is 0 Å². The maximum Gasteiger partial charge on any atom is 0.193 e. The molecule has 3 heteroatoms. The second kappa shape index (κ2) is 9.05. The van der Waals surface area contributed by atoms with Gasteiger partial charge >= 0.3 is 0 Å². The first-order valence-electron chi connectivity index (χ1n) is 5.58. The van der Waals surface area contributed by atoms with Gasteiger partial charge in [0, 0.05) is 11.1 Å². The summed E-state index contributed by atoms with van der Waals surface area (Å²) in [6, 6.07) is 5.13. The van der Waals surface area contributed by atoms with Gasteiger partial charge in [-0.3, -0.25) is 4.79 Å². The second-order valence-electron chi connectivity index (χ2n) is 2.98. The Bertz CT molecular complexity index is 442. The Morgan fingerprint density at radius 2 is 1.78 bits per heavy atom. The highest BCUT2D eigenvalue weighted by molar-refractivity contribution is 6.10. The predicted octanol–water partition coefficient (Wildman–Crippen LogP) is 4.63. The molecule has 0 bridgehead atoms. The number of carbonyl (C=O) groups excluding carboxylic acids is 1. The number of rotatable bonds is 4. The highest BCUT2D eigenvalue weighted by atomic mass is 19.1. The Labute approximate surface area is 106 Å². The lowest BCUT2D eigenvalue weighted by Crippen LogP contribution is -2.01. The molecule has 0 radical (unpaired) electrons. The van der Waals surface area contributed by atoms with E-state index in [1.165, 1.54) is 36.4 Å². The molecular formula is C15H16F2O. The van der Waals surface area contributed by atoms with Gasteiger partial charge in [0.05, 0.1) is 6.33 Å². The van der Waals surface area contributed by atoms with E-state index in [1.807, 2.05) is 13.8 Å². The molecule has 1 nitrogen and oxygen atoms in total. The molecule has 0 heterocycles. The fraction of sp³-hybridized carbons (Fsp3) is 0.133. The summed E-state index contributed by atoms with van der Waals surface area (Å²) in [7, 11) is 0. The number of hydrogen-bond acceptors (Lipinski definition) is 1. The zero-order chi connectivity index (χ0) is 14.0. The highest BCUT2D eigenvalue weighted by Gasteiger charge is 2.08. The largest absolute Gasteiger partial charge is 0.289 e. The van der Waals surface area contributed by atoms with Crippen LogP contribution in [0.25, 0.3) is 0 Å². The lowest BCUT2D eigenvalue weighted by Gasteiger charge is -2.00. The SMILES string of the molecule is C=C/C(=C\C=C\F)C(=O)c1ccc(F)cc1.CC. The highest BCUT2D eigenvalue weighted by Crippen LogP contribution is 2.10. The number of Topliss-reactive ketones (excluding diaryl/α,β-unsaturated/α-hetero) is 1. The van der Waals surface area contributed by atoms with Crippen LogP contribution in [0.4, 0.5) is 8.78 Å². The maximum atomic E-state index is 12.6. The molecule has 0 saturated carbocycles. The number of benzene rings is 1. The third kappa shape index (κ3) is 4.87. The summed E-state index contributed by atoms with van der Waals surface area (Å²) >= 11 is 0. The Morgan fingerprint density at radius 3 is 2.22 bits per heavy atom. The molecule has 0 spiro atoms. The smallest absolute Gasteiger partial charge is 0.193 e. The van der Waals surface area contributed by atoms with Crippen molar-refractivity contribution in [2.24, 2.45) is 0 Å². The van der Waals surface area contributed by atoms with Crippen LogP contribution in [0.1, 0.15) is 24.2 Å². The summed E-state index contributed by atoms with van der Waals surface area (Å²) in [4.78, 5) is 11.8. The van der Waals surface area contributed by atoms with Crippen LogP contribution in [0, 0.1) is 5.82 Å². The maximum absolute atomic E-state index is 12.6. The van der Waals surface area contributed by atoms with Crippen LogP contribution in [0.15, 0.2) is 61.0 Å². The monoisotopic (exact) mass is 250 g/mol. The molecule has 0 aliphatic heterocycles. The molecule has 0 amide bonds. The third-order valence-electron chi connectivity index (χ3n) is 1.94. The van der Waals surface area contributed by atoms with Gasteiger partial charge in [-0.15, -0.1) is 0 Å². The summed E-state index contributed by atoms with van der Waals surface area (Å²) < 4.78 is 24.4. The van der Waals surface area contributed by atoms with Crippen LogP contribution in [0.5, 0.6) is 0 Å². The molecule has 1 aromatic rings. The summed E-state index contributed by atoms with van der Waals surface area (Å²) in [6.07, 6.45) is 4.05. The fourth-order valence-electron chi connectivity index (χ4n) is 1.14. The van der Waals surface area contributed by atoms with E-state index < -0.39 is 5.82 Å². The minimum absolute atomic E-state index is 0.250. The first-order valence-corrected chi connectivity index (χ1v) is 5.58. The lowest BCUT2D eigenvalue weighted by molar-refractivity contribution is 0.103. The number of ketones is 1. The number of carbonyl (C=O) groups is 1. The molecule has 1 aromatic carbocycles. The van der Waals surface area contributed by atoms with Crippen molar-refractivity contribution in [3.8, 4) is 0 Å². The zero-order valence-corrected chi connectivity index (χ0v) is 10.5. The zero-order valence-electron chi connectivity index (χ0n) is 10.5. The third-order valence-corrected chi connectivity index (χ3v) is 1.94. The van der Waals surface area contributed by atoms with Crippen molar-refractivity contribution in [2.45, 2.75) is 13.8 Å². The minimum Gasteiger partial charge on any atom is -0.289 e. The number of halogens is 2. The average Bonchev–Trinajstić information content (AvgIpc) is 2.42. The molecule has 0 aliphatic carbocycles. The van der Waals surface area contributed by atoms with Crippen molar-refractivity contribution in [1.82, 2.24) is 0 Å². The van der Waals surface area contributed by atoms with E-state index in [0.29, 0.717) is 11.9 Å². The van der Waals surface area contributed by atoms with Gasteiger partial charge in [0.15, 0.2) is 5.78 Å². The molecule has 1 rings (SSSR count). The van der Waals surface area contributed by atoms with Crippen LogP contribution >= 0.6 is 0 Å². The van der Waals surface area contributed by atoms with Crippen LogP contribution in [0.2, 0.25) is 0 Å². The van der Waals surface area contributed by atoms with E-state index in [2.05, 4.69) is 6.58 Å². The molecule has 0 aromatic heterocycles. The van der Waals surface area contributed by atoms with Crippen molar-refractivity contribution >= 4 is 5.78 Å². The van der Waals surface area contributed by atoms with Gasteiger partial charge in [0.1, 0.15) is 5.82 Å². The summed E-state index contributed by atoms with van der Waals surface area (Å²) in [5, 5.41) is 0. The van der Waals surface area contributed by atoms with Crippen molar-refractivity contribution in [3.05, 3.63) is 72.4 Å². The van der Waals surface area contributed by atoms with Gasteiger partial charge in [-0.25, -0.2) is 8.78 Å². The van der Waals surface area contributed by atoms with E-state index in [0.717, 1.165) is 6.08 Å². The topological polar surface area (TPSA) is 17.1 Å². The molecular weight excluding hydrogens is 234 g/mol. The summed E-state index contributed by atoms with van der Waals surface area (Å²) in [5.41, 5.74) is 0.584.